The smallest absolute Gasteiger partial charge is 0.307 e. The normalized spacial score (nSPS) is 21.7. The van der Waals surface area contributed by atoms with E-state index in [0.717, 1.165) is 0 Å². The van der Waals surface area contributed by atoms with Crippen LogP contribution in [-0.2, 0) is 15.0 Å². The molecule has 0 heterocycles. The Kier molecular flexibility index (Phi) is 3.67. The third kappa shape index (κ3) is 2.19. The van der Waals surface area contributed by atoms with E-state index in [1.165, 1.54) is 24.3 Å². The third-order valence-electron chi connectivity index (χ3n) is 4.86. The molecule has 0 spiro atoms. The highest BCUT2D eigenvalue weighted by atomic mass is 16.4. The summed E-state index contributed by atoms with van der Waals surface area (Å²) in [5.41, 5.74) is -0.229. The minimum absolute atomic E-state index is 0.0117. The number of rotatable bonds is 4. The van der Waals surface area contributed by atoms with E-state index in [0.29, 0.717) is 11.1 Å². The molecule has 1 aliphatic carbocycles. The van der Waals surface area contributed by atoms with Crippen molar-refractivity contribution >= 4 is 11.9 Å². The first-order valence-electron chi connectivity index (χ1n) is 7.42. The first kappa shape index (κ1) is 15.9. The van der Waals surface area contributed by atoms with Gasteiger partial charge in [0.05, 0.1) is 11.8 Å². The van der Waals surface area contributed by atoms with E-state index >= 15 is 0 Å². The van der Waals surface area contributed by atoms with Crippen molar-refractivity contribution < 1.29 is 30.0 Å². The summed E-state index contributed by atoms with van der Waals surface area (Å²) in [6, 6.07) is 11.8. The molecule has 0 bridgehead atoms. The molecule has 2 atom stereocenters. The fourth-order valence-corrected chi connectivity index (χ4v) is 3.73. The number of phenols is 2. The summed E-state index contributed by atoms with van der Waals surface area (Å²) in [6.45, 7) is 0. The van der Waals surface area contributed by atoms with Crippen LogP contribution < -0.4 is 0 Å². The number of aliphatic carboxylic acids is 2. The van der Waals surface area contributed by atoms with Crippen LogP contribution >= 0.6 is 0 Å². The molecule has 1 saturated carbocycles. The molecule has 3 rings (SSSR count). The second-order valence-electron chi connectivity index (χ2n) is 5.98. The molecular formula is C18H16O6. The number of carboxylic acid groups (broad SMARTS) is 2. The average molecular weight is 328 g/mol. The highest BCUT2D eigenvalue weighted by Crippen LogP contribution is 2.58. The maximum Gasteiger partial charge on any atom is 0.307 e. The van der Waals surface area contributed by atoms with Crippen molar-refractivity contribution in [1.82, 2.24) is 0 Å². The van der Waals surface area contributed by atoms with Gasteiger partial charge in [0.15, 0.2) is 0 Å². The highest BCUT2D eigenvalue weighted by Gasteiger charge is 2.63. The molecule has 0 amide bonds. The lowest BCUT2D eigenvalue weighted by Gasteiger charge is -2.53. The molecule has 6 heteroatoms. The van der Waals surface area contributed by atoms with E-state index < -0.39 is 29.2 Å². The molecule has 124 valence electrons. The van der Waals surface area contributed by atoms with Crippen molar-refractivity contribution in [1.29, 1.82) is 0 Å². The summed E-state index contributed by atoms with van der Waals surface area (Å²) in [7, 11) is 0. The summed E-state index contributed by atoms with van der Waals surface area (Å²) in [6.07, 6.45) is 0.0203. The average Bonchev–Trinajstić information content (AvgIpc) is 2.49. The van der Waals surface area contributed by atoms with Crippen LogP contribution in [0.1, 0.15) is 17.5 Å². The number of phenolic OH excluding ortho intramolecular Hbond substituents is 2. The van der Waals surface area contributed by atoms with Gasteiger partial charge in [0.2, 0.25) is 0 Å². The molecule has 2 aromatic rings. The van der Waals surface area contributed by atoms with Crippen LogP contribution in [0.15, 0.2) is 48.5 Å². The molecule has 4 N–H and O–H groups in total. The van der Waals surface area contributed by atoms with Crippen molar-refractivity contribution in [3.8, 4) is 11.5 Å². The van der Waals surface area contributed by atoms with Gasteiger partial charge in [0.25, 0.3) is 0 Å². The number of hydrogen-bond donors (Lipinski definition) is 4. The Balaban J connectivity index is 2.26. The Hall–Kier alpha value is -3.02. The second kappa shape index (κ2) is 5.56. The fraction of sp³-hybridized carbons (Fsp3) is 0.222. The molecule has 0 aliphatic heterocycles. The van der Waals surface area contributed by atoms with Crippen molar-refractivity contribution in [2.75, 3.05) is 0 Å². The van der Waals surface area contributed by atoms with E-state index in [4.69, 9.17) is 0 Å². The van der Waals surface area contributed by atoms with Crippen molar-refractivity contribution in [2.24, 2.45) is 11.8 Å². The van der Waals surface area contributed by atoms with Crippen LogP contribution in [-0.4, -0.2) is 32.4 Å². The number of carbonyl (C=O) groups is 2. The van der Waals surface area contributed by atoms with Gasteiger partial charge in [-0.2, -0.15) is 0 Å². The summed E-state index contributed by atoms with van der Waals surface area (Å²) < 4.78 is 0. The van der Waals surface area contributed by atoms with Gasteiger partial charge in [-0.25, -0.2) is 0 Å². The molecule has 1 fully saturated rings. The molecule has 2 unspecified atom stereocenters. The predicted molar refractivity (Wildman–Crippen MR) is 83.9 cm³/mol. The summed E-state index contributed by atoms with van der Waals surface area (Å²) in [5, 5.41) is 38.2. The summed E-state index contributed by atoms with van der Waals surface area (Å²) >= 11 is 0. The molecule has 1 aliphatic rings. The summed E-state index contributed by atoms with van der Waals surface area (Å²) in [4.78, 5) is 23.5. The van der Waals surface area contributed by atoms with Crippen molar-refractivity contribution in [2.45, 2.75) is 11.8 Å². The van der Waals surface area contributed by atoms with Crippen LogP contribution in [0.25, 0.3) is 0 Å². The van der Waals surface area contributed by atoms with Crippen molar-refractivity contribution in [3.05, 3.63) is 59.7 Å². The number of aromatic hydroxyl groups is 2. The zero-order chi connectivity index (χ0) is 17.5. The lowest BCUT2D eigenvalue weighted by Crippen LogP contribution is -2.59. The van der Waals surface area contributed by atoms with Crippen LogP contribution in [0, 0.1) is 11.8 Å². The van der Waals surface area contributed by atoms with Crippen LogP contribution in [0.5, 0.6) is 11.5 Å². The lowest BCUT2D eigenvalue weighted by atomic mass is 9.47. The minimum Gasteiger partial charge on any atom is -0.508 e. The standard InChI is InChI=1S/C18H16O6/c19-12-5-1-10(2-6-12)18(11-3-7-13(20)8-4-11)14(16(21)22)9-15(18)17(23)24/h1-8,14-15,19-20H,9H2,(H,21,22)(H,23,24). The van der Waals surface area contributed by atoms with E-state index in [2.05, 4.69) is 0 Å². The minimum atomic E-state index is -1.25. The van der Waals surface area contributed by atoms with E-state index in [1.54, 1.807) is 24.3 Å². The Labute approximate surface area is 137 Å². The SMILES string of the molecule is O=C(O)C1CC(C(=O)O)C1(c1ccc(O)cc1)c1ccc(O)cc1. The first-order chi connectivity index (χ1) is 11.4. The van der Waals surface area contributed by atoms with Gasteiger partial charge in [-0.05, 0) is 41.8 Å². The van der Waals surface area contributed by atoms with Crippen LogP contribution in [0.2, 0.25) is 0 Å². The molecule has 24 heavy (non-hydrogen) atoms. The monoisotopic (exact) mass is 328 g/mol. The zero-order valence-corrected chi connectivity index (χ0v) is 12.6. The Morgan fingerprint density at radius 3 is 1.38 bits per heavy atom. The van der Waals surface area contributed by atoms with Crippen molar-refractivity contribution in [3.63, 3.8) is 0 Å². The number of carboxylic acids is 2. The van der Waals surface area contributed by atoms with Gasteiger partial charge in [0.1, 0.15) is 11.5 Å². The third-order valence-corrected chi connectivity index (χ3v) is 4.86. The number of benzene rings is 2. The molecule has 0 radical (unpaired) electrons. The molecule has 0 saturated heterocycles. The molecule has 2 aromatic carbocycles. The number of hydrogen-bond acceptors (Lipinski definition) is 4. The topological polar surface area (TPSA) is 115 Å². The quantitative estimate of drug-likeness (QED) is 0.684. The zero-order valence-electron chi connectivity index (χ0n) is 12.6. The molecule has 0 aromatic heterocycles. The largest absolute Gasteiger partial charge is 0.508 e. The predicted octanol–water partition coefficient (Wildman–Crippen LogP) is 2.19. The Bertz CT molecular complexity index is 711. The van der Waals surface area contributed by atoms with Gasteiger partial charge in [-0.3, -0.25) is 9.59 Å². The first-order valence-corrected chi connectivity index (χ1v) is 7.42. The van der Waals surface area contributed by atoms with Gasteiger partial charge < -0.3 is 20.4 Å². The second-order valence-corrected chi connectivity index (χ2v) is 5.98. The Morgan fingerprint density at radius 1 is 0.750 bits per heavy atom. The van der Waals surface area contributed by atoms with Crippen LogP contribution in [0.4, 0.5) is 0 Å². The fourth-order valence-electron chi connectivity index (χ4n) is 3.73. The summed E-state index contributed by atoms with van der Waals surface area (Å²) in [5.74, 6) is -3.95. The van der Waals surface area contributed by atoms with E-state index in [9.17, 15) is 30.0 Å². The maximum atomic E-state index is 11.8. The molecular weight excluding hydrogens is 312 g/mol. The lowest BCUT2D eigenvalue weighted by molar-refractivity contribution is -0.162. The van der Waals surface area contributed by atoms with Gasteiger partial charge in [-0.1, -0.05) is 24.3 Å². The highest BCUT2D eigenvalue weighted by molar-refractivity contribution is 5.84. The molecule has 6 nitrogen and oxygen atoms in total. The Morgan fingerprint density at radius 2 is 1.08 bits per heavy atom. The van der Waals surface area contributed by atoms with Gasteiger partial charge >= 0.3 is 11.9 Å². The van der Waals surface area contributed by atoms with Crippen LogP contribution in [0.3, 0.4) is 0 Å². The van der Waals surface area contributed by atoms with Gasteiger partial charge in [-0.15, -0.1) is 0 Å². The van der Waals surface area contributed by atoms with E-state index in [1.807, 2.05) is 0 Å². The van der Waals surface area contributed by atoms with Gasteiger partial charge in [0, 0.05) is 5.41 Å². The van der Waals surface area contributed by atoms with E-state index in [-0.39, 0.29) is 17.9 Å². The maximum absolute atomic E-state index is 11.8.